The van der Waals surface area contributed by atoms with E-state index in [-0.39, 0.29) is 12.0 Å². The van der Waals surface area contributed by atoms with Gasteiger partial charge in [-0.1, -0.05) is 24.3 Å². The molecule has 2 aromatic rings. The summed E-state index contributed by atoms with van der Waals surface area (Å²) in [6, 6.07) is 12.6. The predicted octanol–water partition coefficient (Wildman–Crippen LogP) is 4.21. The molecule has 2 amide bonds. The van der Waals surface area contributed by atoms with Gasteiger partial charge in [0.25, 0.3) is 0 Å². The van der Waals surface area contributed by atoms with Crippen LogP contribution in [0.1, 0.15) is 37.5 Å². The fraction of sp³-hybridized carbons (Fsp3) is 0.440. The quantitative estimate of drug-likeness (QED) is 0.807. The van der Waals surface area contributed by atoms with Crippen LogP contribution in [0.5, 0.6) is 0 Å². The van der Waals surface area contributed by atoms with E-state index in [2.05, 4.69) is 47.5 Å². The zero-order valence-electron chi connectivity index (χ0n) is 18.8. The van der Waals surface area contributed by atoms with Crippen LogP contribution in [0.15, 0.2) is 36.4 Å². The molecule has 6 nitrogen and oxygen atoms in total. The van der Waals surface area contributed by atoms with Gasteiger partial charge in [0.15, 0.2) is 0 Å². The van der Waals surface area contributed by atoms with Crippen LogP contribution in [0.2, 0.25) is 0 Å². The number of rotatable bonds is 3. The van der Waals surface area contributed by atoms with Crippen molar-refractivity contribution in [2.45, 2.75) is 46.3 Å². The monoisotopic (exact) mass is 421 g/mol. The third-order valence-corrected chi connectivity index (χ3v) is 5.91. The van der Waals surface area contributed by atoms with Crippen molar-refractivity contribution in [3.8, 4) is 11.1 Å². The van der Waals surface area contributed by atoms with Crippen molar-refractivity contribution in [2.24, 2.45) is 0 Å². The number of nitrogens with one attached hydrogen (secondary N) is 1. The van der Waals surface area contributed by atoms with E-state index in [1.807, 2.05) is 26.8 Å². The van der Waals surface area contributed by atoms with Gasteiger partial charge in [-0.15, -0.1) is 0 Å². The molecule has 0 spiro atoms. The Balaban J connectivity index is 1.43. The zero-order chi connectivity index (χ0) is 22.2. The number of carbonyl (C=O) groups is 2. The highest BCUT2D eigenvalue weighted by molar-refractivity contribution is 5.99. The first-order valence-corrected chi connectivity index (χ1v) is 10.9. The van der Waals surface area contributed by atoms with Gasteiger partial charge in [0.05, 0.1) is 6.42 Å². The van der Waals surface area contributed by atoms with Crippen molar-refractivity contribution in [2.75, 3.05) is 31.5 Å². The molecule has 0 atom stereocenters. The molecule has 2 aliphatic rings. The molecule has 1 fully saturated rings. The minimum Gasteiger partial charge on any atom is -0.444 e. The van der Waals surface area contributed by atoms with Crippen LogP contribution in [0.25, 0.3) is 11.1 Å². The van der Waals surface area contributed by atoms with Crippen LogP contribution < -0.4 is 5.32 Å². The fourth-order valence-electron chi connectivity index (χ4n) is 4.22. The van der Waals surface area contributed by atoms with Gasteiger partial charge >= 0.3 is 6.09 Å². The number of anilines is 1. The molecular formula is C25H31N3O3. The molecule has 31 heavy (non-hydrogen) atoms. The van der Waals surface area contributed by atoms with Gasteiger partial charge < -0.3 is 15.0 Å². The standard InChI is InChI=1S/C25H31N3O3/c1-17-19(16-27-10-12-28(13-11-27)24(30)31-25(2,3)4)6-5-7-21(17)18-8-9-22-20(14-18)15-23(29)26-22/h5-9,14H,10-13,15-16H2,1-4H3,(H,26,29). The summed E-state index contributed by atoms with van der Waals surface area (Å²) < 4.78 is 5.50. The molecule has 0 bridgehead atoms. The van der Waals surface area contributed by atoms with Crippen molar-refractivity contribution in [1.29, 1.82) is 0 Å². The Hall–Kier alpha value is -2.86. The highest BCUT2D eigenvalue weighted by atomic mass is 16.6. The minimum atomic E-state index is -0.466. The molecule has 0 aromatic heterocycles. The van der Waals surface area contributed by atoms with Crippen LogP contribution in [0.3, 0.4) is 0 Å². The van der Waals surface area contributed by atoms with Gasteiger partial charge in [0.1, 0.15) is 5.60 Å². The second-order valence-corrected chi connectivity index (χ2v) is 9.43. The zero-order valence-corrected chi connectivity index (χ0v) is 18.8. The molecule has 2 heterocycles. The Kier molecular flexibility index (Phi) is 5.75. The largest absolute Gasteiger partial charge is 0.444 e. The van der Waals surface area contributed by atoms with Crippen LogP contribution in [0, 0.1) is 6.92 Å². The van der Waals surface area contributed by atoms with Gasteiger partial charge in [-0.2, -0.15) is 0 Å². The number of hydrogen-bond acceptors (Lipinski definition) is 4. The summed E-state index contributed by atoms with van der Waals surface area (Å²) >= 11 is 0. The van der Waals surface area contributed by atoms with Crippen LogP contribution in [-0.2, 0) is 22.5 Å². The smallest absolute Gasteiger partial charge is 0.410 e. The highest BCUT2D eigenvalue weighted by Crippen LogP contribution is 2.32. The Morgan fingerprint density at radius 3 is 2.55 bits per heavy atom. The number of amides is 2. The first kappa shape index (κ1) is 21.4. The molecule has 0 aliphatic carbocycles. The molecule has 4 rings (SSSR count). The lowest BCUT2D eigenvalue weighted by molar-refractivity contribution is -0.115. The summed E-state index contributed by atoms with van der Waals surface area (Å²) in [7, 11) is 0. The summed E-state index contributed by atoms with van der Waals surface area (Å²) in [4.78, 5) is 28.2. The molecule has 1 N–H and O–H groups in total. The third kappa shape index (κ3) is 4.90. The normalized spacial score (nSPS) is 16.8. The highest BCUT2D eigenvalue weighted by Gasteiger charge is 2.26. The molecule has 0 radical (unpaired) electrons. The maximum atomic E-state index is 12.3. The summed E-state index contributed by atoms with van der Waals surface area (Å²) in [6.45, 7) is 11.7. The van der Waals surface area contributed by atoms with E-state index in [0.29, 0.717) is 19.5 Å². The van der Waals surface area contributed by atoms with E-state index < -0.39 is 5.60 Å². The molecule has 6 heteroatoms. The maximum absolute atomic E-state index is 12.3. The van der Waals surface area contributed by atoms with Crippen LogP contribution in [-0.4, -0.2) is 53.6 Å². The van der Waals surface area contributed by atoms with Crippen molar-refractivity contribution >= 4 is 17.7 Å². The van der Waals surface area contributed by atoms with Crippen molar-refractivity contribution in [1.82, 2.24) is 9.80 Å². The number of piperazine rings is 1. The van der Waals surface area contributed by atoms with E-state index in [0.717, 1.165) is 36.4 Å². The lowest BCUT2D eigenvalue weighted by atomic mass is 9.94. The summed E-state index contributed by atoms with van der Waals surface area (Å²) in [6.07, 6.45) is 0.221. The predicted molar refractivity (Wildman–Crippen MR) is 122 cm³/mol. The molecule has 0 unspecified atom stereocenters. The Morgan fingerprint density at radius 1 is 1.10 bits per heavy atom. The Morgan fingerprint density at radius 2 is 1.84 bits per heavy atom. The van der Waals surface area contributed by atoms with Gasteiger partial charge in [-0.05, 0) is 67.6 Å². The number of carbonyl (C=O) groups excluding carboxylic acids is 2. The first-order chi connectivity index (χ1) is 14.7. The SMILES string of the molecule is Cc1c(CN2CCN(C(=O)OC(C)(C)C)CC2)cccc1-c1ccc2c(c1)CC(=O)N2. The average molecular weight is 422 g/mol. The number of nitrogens with zero attached hydrogens (tertiary/aromatic N) is 2. The molecule has 2 aliphatic heterocycles. The van der Waals surface area contributed by atoms with Crippen molar-refractivity contribution in [3.05, 3.63) is 53.1 Å². The Labute approximate surface area is 184 Å². The average Bonchev–Trinajstić information content (AvgIpc) is 3.08. The summed E-state index contributed by atoms with van der Waals surface area (Å²) in [5.41, 5.74) is 6.41. The van der Waals surface area contributed by atoms with Crippen LogP contribution >= 0.6 is 0 Å². The number of fused-ring (bicyclic) bond motifs is 1. The van der Waals surface area contributed by atoms with E-state index in [4.69, 9.17) is 4.74 Å². The summed E-state index contributed by atoms with van der Waals surface area (Å²) in [5, 5.41) is 2.90. The fourth-order valence-corrected chi connectivity index (χ4v) is 4.22. The number of ether oxygens (including phenoxy) is 1. The lowest BCUT2D eigenvalue weighted by Gasteiger charge is -2.35. The second-order valence-electron chi connectivity index (χ2n) is 9.43. The first-order valence-electron chi connectivity index (χ1n) is 10.9. The van der Waals surface area contributed by atoms with E-state index in [9.17, 15) is 9.59 Å². The van der Waals surface area contributed by atoms with Crippen molar-refractivity contribution in [3.63, 3.8) is 0 Å². The van der Waals surface area contributed by atoms with E-state index in [1.165, 1.54) is 16.7 Å². The van der Waals surface area contributed by atoms with E-state index in [1.54, 1.807) is 4.90 Å². The molecular weight excluding hydrogens is 390 g/mol. The summed E-state index contributed by atoms with van der Waals surface area (Å²) in [5.74, 6) is 0.0585. The van der Waals surface area contributed by atoms with Gasteiger partial charge in [-0.3, -0.25) is 9.69 Å². The lowest BCUT2D eigenvalue weighted by Crippen LogP contribution is -2.49. The maximum Gasteiger partial charge on any atom is 0.410 e. The number of hydrogen-bond donors (Lipinski definition) is 1. The van der Waals surface area contributed by atoms with Crippen LogP contribution in [0.4, 0.5) is 10.5 Å². The molecule has 164 valence electrons. The van der Waals surface area contributed by atoms with E-state index >= 15 is 0 Å². The van der Waals surface area contributed by atoms with Gasteiger partial charge in [0, 0.05) is 38.4 Å². The second kappa shape index (κ2) is 8.35. The topological polar surface area (TPSA) is 61.9 Å². The molecule has 0 saturated carbocycles. The van der Waals surface area contributed by atoms with Gasteiger partial charge in [0.2, 0.25) is 5.91 Å². The number of benzene rings is 2. The van der Waals surface area contributed by atoms with Gasteiger partial charge in [-0.25, -0.2) is 4.79 Å². The van der Waals surface area contributed by atoms with Crippen molar-refractivity contribution < 1.29 is 14.3 Å². The molecule has 1 saturated heterocycles. The Bertz CT molecular complexity index is 1000. The molecule has 2 aromatic carbocycles. The minimum absolute atomic E-state index is 0.0585. The third-order valence-electron chi connectivity index (χ3n) is 5.91.